The van der Waals surface area contributed by atoms with E-state index in [9.17, 15) is 26.3 Å². The number of halogens is 6. The second-order valence-corrected chi connectivity index (χ2v) is 8.00. The van der Waals surface area contributed by atoms with Crippen LogP contribution in [0.4, 0.5) is 26.3 Å². The normalized spacial score (nSPS) is 19.2. The van der Waals surface area contributed by atoms with Crippen LogP contribution in [-0.2, 0) is 16.1 Å². The molecule has 0 atom stereocenters. The van der Waals surface area contributed by atoms with Gasteiger partial charge in [-0.25, -0.2) is 9.59 Å². The molecule has 33 heavy (non-hydrogen) atoms. The van der Waals surface area contributed by atoms with Crippen LogP contribution in [0.5, 0.6) is 0 Å². The summed E-state index contributed by atoms with van der Waals surface area (Å²) in [6, 6.07) is 4.18. The van der Waals surface area contributed by atoms with Crippen LogP contribution in [0.15, 0.2) is 16.5 Å². The van der Waals surface area contributed by atoms with Crippen molar-refractivity contribution in [1.29, 1.82) is 0 Å². The van der Waals surface area contributed by atoms with E-state index in [-0.39, 0.29) is 0 Å². The highest BCUT2D eigenvalue weighted by atomic mass is 19.4. The Kier molecular flexibility index (Phi) is 10.2. The van der Waals surface area contributed by atoms with Gasteiger partial charge in [0.2, 0.25) is 0 Å². The standard InChI is InChI=1S/C16H26N2O.2C2HF3O2/c1-14-5-6-15(19-14)13-18-11-8-16(9-12-18)7-3-4-10-17(16)2;2*3-2(4,5)1(6)7/h5-6H,3-4,7-13H2,1-2H3;2*(H,6,7). The quantitative estimate of drug-likeness (QED) is 0.597. The first-order valence-corrected chi connectivity index (χ1v) is 10.2. The smallest absolute Gasteiger partial charge is 0.475 e. The highest BCUT2D eigenvalue weighted by Crippen LogP contribution is 2.36. The molecule has 0 amide bonds. The Balaban J connectivity index is 0.000000324. The Morgan fingerprint density at radius 3 is 1.79 bits per heavy atom. The molecule has 1 aromatic heterocycles. The Morgan fingerprint density at radius 1 is 0.939 bits per heavy atom. The number of carbonyl (C=O) groups is 2. The van der Waals surface area contributed by atoms with Crippen LogP contribution in [-0.4, -0.2) is 76.5 Å². The molecule has 2 aliphatic rings. The van der Waals surface area contributed by atoms with Crippen LogP contribution >= 0.6 is 0 Å². The van der Waals surface area contributed by atoms with E-state index in [4.69, 9.17) is 24.2 Å². The number of hydrogen-bond donors (Lipinski definition) is 2. The molecule has 0 aliphatic carbocycles. The number of nitrogens with zero attached hydrogens (tertiary/aromatic N) is 2. The van der Waals surface area contributed by atoms with Gasteiger partial charge in [0.15, 0.2) is 0 Å². The molecule has 2 N–H and O–H groups in total. The van der Waals surface area contributed by atoms with E-state index in [2.05, 4.69) is 29.0 Å². The lowest BCUT2D eigenvalue weighted by atomic mass is 9.79. The van der Waals surface area contributed by atoms with Crippen molar-refractivity contribution in [1.82, 2.24) is 9.80 Å². The van der Waals surface area contributed by atoms with Gasteiger partial charge in [-0.1, -0.05) is 6.42 Å². The fourth-order valence-corrected chi connectivity index (χ4v) is 3.78. The van der Waals surface area contributed by atoms with Crippen LogP contribution in [0.25, 0.3) is 0 Å². The summed E-state index contributed by atoms with van der Waals surface area (Å²) in [5, 5.41) is 14.2. The van der Waals surface area contributed by atoms with E-state index < -0.39 is 24.3 Å². The molecular formula is C20H28F6N2O5. The number of aryl methyl sites for hydroxylation is 1. The average Bonchev–Trinajstić information content (AvgIpc) is 3.10. The van der Waals surface area contributed by atoms with Gasteiger partial charge in [-0.15, -0.1) is 0 Å². The second-order valence-electron chi connectivity index (χ2n) is 8.00. The predicted molar refractivity (Wildman–Crippen MR) is 105 cm³/mol. The summed E-state index contributed by atoms with van der Waals surface area (Å²) in [7, 11) is 2.32. The molecule has 0 unspecified atom stereocenters. The highest BCUT2D eigenvalue weighted by Gasteiger charge is 2.40. The first kappa shape index (κ1) is 28.8. The minimum atomic E-state index is -5.08. The lowest BCUT2D eigenvalue weighted by molar-refractivity contribution is -0.193. The molecule has 7 nitrogen and oxygen atoms in total. The molecule has 3 heterocycles. The molecule has 2 saturated heterocycles. The first-order chi connectivity index (χ1) is 15.1. The summed E-state index contributed by atoms with van der Waals surface area (Å²) in [5.74, 6) is -3.37. The van der Waals surface area contributed by atoms with E-state index in [0.717, 1.165) is 18.1 Å². The van der Waals surface area contributed by atoms with Gasteiger partial charge in [-0.05, 0) is 58.3 Å². The zero-order valence-corrected chi connectivity index (χ0v) is 18.3. The number of piperidine rings is 2. The average molecular weight is 490 g/mol. The van der Waals surface area contributed by atoms with Crippen molar-refractivity contribution in [2.45, 2.75) is 63.5 Å². The monoisotopic (exact) mass is 490 g/mol. The zero-order chi connectivity index (χ0) is 25.4. The third-order valence-electron chi connectivity index (χ3n) is 5.64. The molecule has 0 radical (unpaired) electrons. The maximum Gasteiger partial charge on any atom is 0.490 e. The molecule has 0 saturated carbocycles. The summed E-state index contributed by atoms with van der Waals surface area (Å²) in [6.45, 7) is 6.71. The molecule has 0 aromatic carbocycles. The summed E-state index contributed by atoms with van der Waals surface area (Å²) >= 11 is 0. The molecule has 13 heteroatoms. The maximum atomic E-state index is 10.6. The predicted octanol–water partition coefficient (Wildman–Crippen LogP) is 4.30. The number of hydrogen-bond acceptors (Lipinski definition) is 5. The molecule has 1 spiro atoms. The number of rotatable bonds is 2. The third-order valence-corrected chi connectivity index (χ3v) is 5.64. The molecule has 0 bridgehead atoms. The number of carboxylic acids is 2. The Bertz CT molecular complexity index is 746. The van der Waals surface area contributed by atoms with Gasteiger partial charge in [0.1, 0.15) is 11.5 Å². The van der Waals surface area contributed by atoms with Crippen molar-refractivity contribution in [3.8, 4) is 0 Å². The maximum absolute atomic E-state index is 10.6. The Hall–Kier alpha value is -2.28. The number of likely N-dealkylation sites (tertiary alicyclic amines) is 2. The van der Waals surface area contributed by atoms with Gasteiger partial charge >= 0.3 is 24.3 Å². The van der Waals surface area contributed by atoms with Crippen molar-refractivity contribution < 1.29 is 50.6 Å². The lowest BCUT2D eigenvalue weighted by Crippen LogP contribution is -2.55. The van der Waals surface area contributed by atoms with Gasteiger partial charge < -0.3 is 19.5 Å². The zero-order valence-electron chi connectivity index (χ0n) is 18.3. The van der Waals surface area contributed by atoms with Crippen LogP contribution in [0.2, 0.25) is 0 Å². The number of aliphatic carboxylic acids is 2. The highest BCUT2D eigenvalue weighted by molar-refractivity contribution is 5.73. The van der Waals surface area contributed by atoms with E-state index in [1.54, 1.807) is 0 Å². The number of alkyl halides is 6. The lowest BCUT2D eigenvalue weighted by Gasteiger charge is -2.50. The minimum Gasteiger partial charge on any atom is -0.475 e. The number of furan rings is 1. The summed E-state index contributed by atoms with van der Waals surface area (Å²) in [5.41, 5.74) is 0.508. The molecule has 190 valence electrons. The largest absolute Gasteiger partial charge is 0.490 e. The van der Waals surface area contributed by atoms with Crippen LogP contribution in [0, 0.1) is 6.92 Å². The third kappa shape index (κ3) is 9.62. The van der Waals surface area contributed by atoms with Crippen LogP contribution in [0.1, 0.15) is 43.6 Å². The first-order valence-electron chi connectivity index (χ1n) is 10.2. The second kappa shape index (κ2) is 11.7. The van der Waals surface area contributed by atoms with Crippen molar-refractivity contribution in [3.05, 3.63) is 23.7 Å². The minimum absolute atomic E-state index is 0.508. The molecule has 1 aromatic rings. The Labute approximate surface area is 186 Å². The molecule has 2 aliphatic heterocycles. The number of carboxylic acid groups (broad SMARTS) is 2. The van der Waals surface area contributed by atoms with E-state index in [1.165, 1.54) is 51.7 Å². The van der Waals surface area contributed by atoms with Gasteiger partial charge in [-0.2, -0.15) is 26.3 Å². The molecular weight excluding hydrogens is 462 g/mol. The molecule has 3 rings (SSSR count). The van der Waals surface area contributed by atoms with Gasteiger partial charge in [0.05, 0.1) is 6.54 Å². The van der Waals surface area contributed by atoms with E-state index >= 15 is 0 Å². The fourth-order valence-electron chi connectivity index (χ4n) is 3.78. The van der Waals surface area contributed by atoms with Gasteiger partial charge in [0.25, 0.3) is 0 Å². The van der Waals surface area contributed by atoms with E-state index in [0.29, 0.717) is 5.54 Å². The topological polar surface area (TPSA) is 94.2 Å². The van der Waals surface area contributed by atoms with E-state index in [1.807, 2.05) is 6.92 Å². The van der Waals surface area contributed by atoms with Crippen molar-refractivity contribution in [2.24, 2.45) is 0 Å². The molecule has 2 fully saturated rings. The van der Waals surface area contributed by atoms with Gasteiger partial charge in [-0.3, -0.25) is 4.90 Å². The van der Waals surface area contributed by atoms with Crippen molar-refractivity contribution in [2.75, 3.05) is 26.7 Å². The Morgan fingerprint density at radius 2 is 1.42 bits per heavy atom. The summed E-state index contributed by atoms with van der Waals surface area (Å²) in [6.07, 6.45) is -3.32. The summed E-state index contributed by atoms with van der Waals surface area (Å²) in [4.78, 5) is 23.0. The SMILES string of the molecule is Cc1ccc(CN2CCC3(CCCCN3C)CC2)o1.O=C(O)C(F)(F)F.O=C(O)C(F)(F)F. The van der Waals surface area contributed by atoms with Crippen molar-refractivity contribution in [3.63, 3.8) is 0 Å². The van der Waals surface area contributed by atoms with Gasteiger partial charge in [0, 0.05) is 18.6 Å². The summed E-state index contributed by atoms with van der Waals surface area (Å²) < 4.78 is 69.2. The van der Waals surface area contributed by atoms with Crippen LogP contribution < -0.4 is 0 Å². The van der Waals surface area contributed by atoms with Crippen LogP contribution in [0.3, 0.4) is 0 Å². The fraction of sp³-hybridized carbons (Fsp3) is 0.700. The van der Waals surface area contributed by atoms with Crippen molar-refractivity contribution >= 4 is 11.9 Å².